The predicted octanol–water partition coefficient (Wildman–Crippen LogP) is 2.35. The summed E-state index contributed by atoms with van der Waals surface area (Å²) in [6, 6.07) is 1.44. The van der Waals surface area contributed by atoms with Crippen LogP contribution in [0, 0.1) is 5.41 Å². The fraction of sp³-hybridized carbons (Fsp3) is 0.522. The first-order valence-corrected chi connectivity index (χ1v) is 11.4. The molecule has 176 valence electrons. The predicted molar refractivity (Wildman–Crippen MR) is 126 cm³/mol. The highest BCUT2D eigenvalue weighted by atomic mass is 16.5. The number of aromatic nitrogens is 4. The molecule has 1 atom stereocenters. The van der Waals surface area contributed by atoms with Gasteiger partial charge in [-0.15, -0.1) is 0 Å². The van der Waals surface area contributed by atoms with Crippen molar-refractivity contribution in [3.63, 3.8) is 0 Å². The van der Waals surface area contributed by atoms with Gasteiger partial charge in [-0.1, -0.05) is 37.5 Å². The summed E-state index contributed by atoms with van der Waals surface area (Å²) in [6.45, 7) is 0.0846. The summed E-state index contributed by atoms with van der Waals surface area (Å²) < 4.78 is 7.61. The highest BCUT2D eigenvalue weighted by Crippen LogP contribution is 2.34. The highest BCUT2D eigenvalue weighted by Gasteiger charge is 2.41. The molecule has 1 fully saturated rings. The largest absolute Gasteiger partial charge is 0.371 e. The molecule has 0 radical (unpaired) electrons. The summed E-state index contributed by atoms with van der Waals surface area (Å²) in [6.07, 6.45) is 12.7. The Morgan fingerprint density at radius 3 is 2.94 bits per heavy atom. The summed E-state index contributed by atoms with van der Waals surface area (Å²) >= 11 is 0. The van der Waals surface area contributed by atoms with Crippen LogP contribution in [-0.2, 0) is 11.3 Å². The van der Waals surface area contributed by atoms with Crippen molar-refractivity contribution in [2.45, 2.75) is 69.8 Å². The van der Waals surface area contributed by atoms with Crippen molar-refractivity contribution in [1.82, 2.24) is 24.9 Å². The number of aliphatic imine (C=N–C) groups is 1. The Labute approximate surface area is 192 Å². The van der Waals surface area contributed by atoms with E-state index in [1.165, 1.54) is 16.8 Å². The van der Waals surface area contributed by atoms with E-state index in [4.69, 9.17) is 10.1 Å². The monoisotopic (exact) mass is 453 g/mol. The van der Waals surface area contributed by atoms with Crippen LogP contribution in [0.5, 0.6) is 0 Å². The number of hydrogen-bond donors (Lipinski definition) is 4. The van der Waals surface area contributed by atoms with Crippen LogP contribution in [0.15, 0.2) is 34.1 Å². The van der Waals surface area contributed by atoms with Crippen molar-refractivity contribution < 1.29 is 9.84 Å². The van der Waals surface area contributed by atoms with Crippen LogP contribution in [0.2, 0.25) is 0 Å². The van der Waals surface area contributed by atoms with E-state index in [0.29, 0.717) is 42.4 Å². The summed E-state index contributed by atoms with van der Waals surface area (Å²) in [4.78, 5) is 25.8. The number of H-pyrrole nitrogens is 1. The molecule has 10 nitrogen and oxygen atoms in total. The van der Waals surface area contributed by atoms with Gasteiger partial charge in [0, 0.05) is 25.7 Å². The van der Waals surface area contributed by atoms with Gasteiger partial charge in [-0.05, 0) is 31.3 Å². The maximum atomic E-state index is 12.7. The molecule has 2 heterocycles. The Morgan fingerprint density at radius 1 is 1.42 bits per heavy atom. The highest BCUT2D eigenvalue weighted by molar-refractivity contribution is 5.93. The van der Waals surface area contributed by atoms with Crippen LogP contribution < -0.4 is 10.9 Å². The molecule has 1 saturated carbocycles. The molecule has 4 rings (SSSR count). The molecule has 2 aliphatic rings. The van der Waals surface area contributed by atoms with Crippen molar-refractivity contribution in [2.75, 3.05) is 7.05 Å². The lowest BCUT2D eigenvalue weighted by molar-refractivity contribution is -0.155. The zero-order chi connectivity index (χ0) is 23.3. The fourth-order valence-electron chi connectivity index (χ4n) is 4.41. The van der Waals surface area contributed by atoms with Crippen LogP contribution in [0.25, 0.3) is 11.4 Å². The van der Waals surface area contributed by atoms with Crippen molar-refractivity contribution in [2.24, 2.45) is 4.99 Å². The lowest BCUT2D eigenvalue weighted by atomic mass is 9.83. The van der Waals surface area contributed by atoms with Crippen molar-refractivity contribution in [3.05, 3.63) is 46.2 Å². The van der Waals surface area contributed by atoms with Gasteiger partial charge in [0.2, 0.25) is 0 Å². The minimum absolute atomic E-state index is 0.0846. The van der Waals surface area contributed by atoms with Gasteiger partial charge in [0.1, 0.15) is 11.4 Å². The molecule has 0 spiro atoms. The lowest BCUT2D eigenvalue weighted by Crippen LogP contribution is -2.55. The number of nitrogens with one attached hydrogen (secondary N) is 3. The Hall–Kier alpha value is -3.11. The Morgan fingerprint density at radius 2 is 2.24 bits per heavy atom. The normalized spacial score (nSPS) is 19.3. The van der Waals surface area contributed by atoms with E-state index >= 15 is 0 Å². The minimum Gasteiger partial charge on any atom is -0.371 e. The average molecular weight is 454 g/mol. The van der Waals surface area contributed by atoms with Gasteiger partial charge in [-0.25, -0.2) is 4.98 Å². The van der Waals surface area contributed by atoms with Gasteiger partial charge < -0.3 is 20.6 Å². The molecule has 2 aromatic heterocycles. The standard InChI is InChI=1S/C23H31N7O3/c1-25-18(10-13-24)27-21(32)23(11-6-3-7-12-23)33-15-17-14-19(31)30-22(26-17)28-20(29-30)16-8-4-2-5-9-16/h2,4,8,13-14,21,24,32H,3,5-7,9-12,15H2,1H3,(H,25,27)(H,26,28,29). The maximum Gasteiger partial charge on any atom is 0.274 e. The number of rotatable bonds is 8. The number of allylic oxidation sites excluding steroid dienone is 4. The molecule has 33 heavy (non-hydrogen) atoms. The SMILES string of the molecule is CN=C(CC=N)NC(O)C1(OCc2cc(=O)n3[nH]c(C4=CC=CCC4)nc3n2)CCCCC1. The zero-order valence-electron chi connectivity index (χ0n) is 18.9. The number of aliphatic hydroxyl groups is 1. The van der Waals surface area contributed by atoms with E-state index in [1.807, 2.05) is 12.2 Å². The fourth-order valence-corrected chi connectivity index (χ4v) is 4.41. The summed E-state index contributed by atoms with van der Waals surface area (Å²) in [7, 11) is 1.62. The number of ether oxygens (including phenoxy) is 1. The molecule has 2 aliphatic carbocycles. The number of fused-ring (bicyclic) bond motifs is 1. The molecule has 0 aliphatic heterocycles. The van der Waals surface area contributed by atoms with E-state index in [0.717, 1.165) is 37.7 Å². The van der Waals surface area contributed by atoms with Gasteiger partial charge in [-0.3, -0.25) is 14.9 Å². The van der Waals surface area contributed by atoms with E-state index < -0.39 is 11.8 Å². The second-order valence-electron chi connectivity index (χ2n) is 8.49. The summed E-state index contributed by atoms with van der Waals surface area (Å²) in [5.41, 5.74) is 0.427. The van der Waals surface area contributed by atoms with E-state index in [2.05, 4.69) is 31.5 Å². The lowest BCUT2D eigenvalue weighted by Gasteiger charge is -2.41. The van der Waals surface area contributed by atoms with Crippen molar-refractivity contribution >= 4 is 23.4 Å². The first kappa shape index (κ1) is 23.1. The van der Waals surface area contributed by atoms with Crippen LogP contribution in [0.4, 0.5) is 0 Å². The third-order valence-corrected chi connectivity index (χ3v) is 6.28. The molecule has 0 aromatic carbocycles. The topological polar surface area (TPSA) is 141 Å². The molecule has 2 aromatic rings. The molecular weight excluding hydrogens is 422 g/mol. The van der Waals surface area contributed by atoms with Gasteiger partial charge >= 0.3 is 0 Å². The number of amidine groups is 1. The zero-order valence-corrected chi connectivity index (χ0v) is 18.9. The third kappa shape index (κ3) is 5.12. The van der Waals surface area contributed by atoms with E-state index in [9.17, 15) is 9.90 Å². The number of nitrogens with zero attached hydrogens (tertiary/aromatic N) is 4. The second kappa shape index (κ2) is 10.2. The van der Waals surface area contributed by atoms with Gasteiger partial charge in [0.15, 0.2) is 12.1 Å². The molecule has 4 N–H and O–H groups in total. The van der Waals surface area contributed by atoms with Crippen LogP contribution in [0.3, 0.4) is 0 Å². The van der Waals surface area contributed by atoms with Gasteiger partial charge in [0.05, 0.1) is 12.3 Å². The Balaban J connectivity index is 1.54. The first-order valence-electron chi connectivity index (χ1n) is 11.4. The van der Waals surface area contributed by atoms with Crippen molar-refractivity contribution in [3.8, 4) is 0 Å². The van der Waals surface area contributed by atoms with Gasteiger partial charge in [-0.2, -0.15) is 9.50 Å². The smallest absolute Gasteiger partial charge is 0.274 e. The number of aliphatic hydroxyl groups excluding tert-OH is 1. The summed E-state index contributed by atoms with van der Waals surface area (Å²) in [5.74, 6) is 1.47. The molecule has 10 heteroatoms. The molecule has 0 saturated heterocycles. The maximum absolute atomic E-state index is 12.7. The average Bonchev–Trinajstić information content (AvgIpc) is 3.28. The van der Waals surface area contributed by atoms with Gasteiger partial charge in [0.25, 0.3) is 11.3 Å². The second-order valence-corrected chi connectivity index (χ2v) is 8.49. The molecule has 0 amide bonds. The van der Waals surface area contributed by atoms with E-state index in [-0.39, 0.29) is 12.2 Å². The third-order valence-electron chi connectivity index (χ3n) is 6.28. The first-order chi connectivity index (χ1) is 16.0. The summed E-state index contributed by atoms with van der Waals surface area (Å²) in [5, 5.41) is 24.4. The minimum atomic E-state index is -0.982. The van der Waals surface area contributed by atoms with Crippen molar-refractivity contribution in [1.29, 1.82) is 5.41 Å². The van der Waals surface area contributed by atoms with Crippen LogP contribution >= 0.6 is 0 Å². The van der Waals surface area contributed by atoms with Crippen LogP contribution in [-0.4, -0.2) is 55.6 Å². The quantitative estimate of drug-likeness (QED) is 0.275. The molecule has 0 bridgehead atoms. The number of hydrogen-bond acceptors (Lipinski definition) is 7. The number of aromatic amines is 1. The van der Waals surface area contributed by atoms with E-state index in [1.54, 1.807) is 7.05 Å². The molecular formula is C23H31N7O3. The Kier molecular flexibility index (Phi) is 7.14. The molecule has 1 unspecified atom stereocenters. The Bertz CT molecular complexity index is 1140. The van der Waals surface area contributed by atoms with Crippen LogP contribution in [0.1, 0.15) is 62.9 Å².